The van der Waals surface area contributed by atoms with Crippen LogP contribution in [0.4, 0.5) is 11.6 Å². The Morgan fingerprint density at radius 2 is 2.05 bits per heavy atom. The molecule has 0 amide bonds. The first kappa shape index (κ1) is 15.1. The number of hydrogen-bond donors (Lipinski definition) is 1. The van der Waals surface area contributed by atoms with Crippen LogP contribution in [0, 0.1) is 5.92 Å². The Balaban J connectivity index is 1.81. The smallest absolute Gasteiger partial charge is 0.148 e. The van der Waals surface area contributed by atoms with E-state index in [-0.39, 0.29) is 0 Å². The van der Waals surface area contributed by atoms with Gasteiger partial charge < -0.3 is 10.2 Å². The van der Waals surface area contributed by atoms with Crippen LogP contribution in [0.3, 0.4) is 0 Å². The molecule has 0 bridgehead atoms. The highest BCUT2D eigenvalue weighted by atomic mass is 79.9. The maximum atomic E-state index is 4.58. The third kappa shape index (κ3) is 3.17. The highest BCUT2D eigenvalue weighted by Gasteiger charge is 2.35. The molecule has 1 atom stereocenters. The summed E-state index contributed by atoms with van der Waals surface area (Å²) in [6.45, 7) is 4.24. The fourth-order valence-corrected chi connectivity index (χ4v) is 4.39. The van der Waals surface area contributed by atoms with Crippen LogP contribution in [0.25, 0.3) is 0 Å². The van der Waals surface area contributed by atoms with E-state index < -0.39 is 0 Å². The summed E-state index contributed by atoms with van der Waals surface area (Å²) in [5, 5.41) is 3.39. The standard InChI is InChI=1S/C16H25BrN4/c1-2-9-18-15-14(17)16(20-11-19-15)21-10-5-8-13(21)12-6-3-4-7-12/h11-13H,2-10H2,1H3,(H,18,19,20). The minimum absolute atomic E-state index is 0.678. The fourth-order valence-electron chi connectivity index (χ4n) is 3.82. The van der Waals surface area contributed by atoms with E-state index in [0.717, 1.165) is 41.5 Å². The highest BCUT2D eigenvalue weighted by molar-refractivity contribution is 9.10. The first-order valence-electron chi connectivity index (χ1n) is 8.32. The maximum Gasteiger partial charge on any atom is 0.148 e. The Morgan fingerprint density at radius 3 is 2.81 bits per heavy atom. The first-order chi connectivity index (χ1) is 10.3. The van der Waals surface area contributed by atoms with Crippen LogP contribution in [0.2, 0.25) is 0 Å². The SMILES string of the molecule is CCCNc1ncnc(N2CCCC2C2CCCC2)c1Br. The van der Waals surface area contributed by atoms with Crippen molar-refractivity contribution in [1.29, 1.82) is 0 Å². The van der Waals surface area contributed by atoms with Gasteiger partial charge in [-0.05, 0) is 54.0 Å². The average Bonchev–Trinajstić information content (AvgIpc) is 3.16. The van der Waals surface area contributed by atoms with Crippen molar-refractivity contribution < 1.29 is 0 Å². The van der Waals surface area contributed by atoms with Crippen LogP contribution in [-0.2, 0) is 0 Å². The molecule has 3 rings (SSSR count). The second kappa shape index (κ2) is 6.95. The predicted molar refractivity (Wildman–Crippen MR) is 90.8 cm³/mol. The molecule has 2 fully saturated rings. The number of nitrogens with one attached hydrogen (secondary N) is 1. The zero-order chi connectivity index (χ0) is 14.7. The normalized spacial score (nSPS) is 23.0. The number of aromatic nitrogens is 2. The van der Waals surface area contributed by atoms with E-state index in [0.29, 0.717) is 6.04 Å². The molecule has 1 aromatic heterocycles. The summed E-state index contributed by atoms with van der Waals surface area (Å²) in [4.78, 5) is 11.5. The van der Waals surface area contributed by atoms with Crippen LogP contribution >= 0.6 is 15.9 Å². The molecule has 0 radical (unpaired) electrons. The molecule has 21 heavy (non-hydrogen) atoms. The summed E-state index contributed by atoms with van der Waals surface area (Å²) in [5.74, 6) is 2.87. The average molecular weight is 353 g/mol. The summed E-state index contributed by atoms with van der Waals surface area (Å²) in [5.41, 5.74) is 0. The maximum absolute atomic E-state index is 4.58. The van der Waals surface area contributed by atoms with Crippen LogP contribution in [0.5, 0.6) is 0 Å². The third-order valence-electron chi connectivity index (χ3n) is 4.83. The van der Waals surface area contributed by atoms with E-state index in [4.69, 9.17) is 0 Å². The van der Waals surface area contributed by atoms with Crippen molar-refractivity contribution in [2.24, 2.45) is 5.92 Å². The molecule has 1 aliphatic carbocycles. The second-order valence-corrected chi connectivity index (χ2v) is 7.03. The third-order valence-corrected chi connectivity index (χ3v) is 5.56. The van der Waals surface area contributed by atoms with Gasteiger partial charge in [-0.1, -0.05) is 19.8 Å². The zero-order valence-corrected chi connectivity index (χ0v) is 14.4. The van der Waals surface area contributed by atoms with Gasteiger partial charge in [-0.3, -0.25) is 0 Å². The molecule has 0 aromatic carbocycles. The monoisotopic (exact) mass is 352 g/mol. The Kier molecular flexibility index (Phi) is 4.99. The molecule has 1 unspecified atom stereocenters. The van der Waals surface area contributed by atoms with Gasteiger partial charge >= 0.3 is 0 Å². The van der Waals surface area contributed by atoms with Crippen molar-refractivity contribution >= 4 is 27.6 Å². The number of rotatable bonds is 5. The van der Waals surface area contributed by atoms with Gasteiger partial charge in [0, 0.05) is 19.1 Å². The molecule has 2 aliphatic rings. The van der Waals surface area contributed by atoms with Gasteiger partial charge in [0.25, 0.3) is 0 Å². The molecular weight excluding hydrogens is 328 g/mol. The first-order valence-corrected chi connectivity index (χ1v) is 9.11. The van der Waals surface area contributed by atoms with E-state index in [9.17, 15) is 0 Å². The Morgan fingerprint density at radius 1 is 1.24 bits per heavy atom. The summed E-state index contributed by atoms with van der Waals surface area (Å²) >= 11 is 3.73. The lowest BCUT2D eigenvalue weighted by Crippen LogP contribution is -2.35. The molecule has 1 saturated carbocycles. The van der Waals surface area contributed by atoms with E-state index >= 15 is 0 Å². The van der Waals surface area contributed by atoms with E-state index in [1.807, 2.05) is 0 Å². The number of nitrogens with zero attached hydrogens (tertiary/aromatic N) is 3. The molecule has 1 aromatic rings. The quantitative estimate of drug-likeness (QED) is 0.861. The molecule has 5 heteroatoms. The van der Waals surface area contributed by atoms with Crippen LogP contribution in [0.1, 0.15) is 51.9 Å². The van der Waals surface area contributed by atoms with Gasteiger partial charge in [0.2, 0.25) is 0 Å². The van der Waals surface area contributed by atoms with Gasteiger partial charge in [0.15, 0.2) is 0 Å². The molecule has 2 heterocycles. The summed E-state index contributed by atoms with van der Waals surface area (Å²) in [7, 11) is 0. The molecule has 1 saturated heterocycles. The molecule has 1 aliphatic heterocycles. The second-order valence-electron chi connectivity index (χ2n) is 6.23. The van der Waals surface area contributed by atoms with E-state index in [2.05, 4.69) is 43.0 Å². The van der Waals surface area contributed by atoms with Crippen LogP contribution < -0.4 is 10.2 Å². The Bertz CT molecular complexity index is 473. The Labute approximate surface area is 135 Å². The molecular formula is C16H25BrN4. The fraction of sp³-hybridized carbons (Fsp3) is 0.750. The van der Waals surface area contributed by atoms with Gasteiger partial charge in [-0.25, -0.2) is 9.97 Å². The van der Waals surface area contributed by atoms with Crippen molar-refractivity contribution in [2.45, 2.75) is 57.9 Å². The van der Waals surface area contributed by atoms with E-state index in [1.54, 1.807) is 6.33 Å². The van der Waals surface area contributed by atoms with Gasteiger partial charge in [-0.2, -0.15) is 0 Å². The van der Waals surface area contributed by atoms with Gasteiger partial charge in [0.05, 0.1) is 0 Å². The number of halogens is 1. The molecule has 1 N–H and O–H groups in total. The predicted octanol–water partition coefficient (Wildman–Crippen LogP) is 4.22. The van der Waals surface area contributed by atoms with Crippen molar-refractivity contribution in [2.75, 3.05) is 23.3 Å². The lowest BCUT2D eigenvalue weighted by molar-refractivity contribution is 0.429. The minimum Gasteiger partial charge on any atom is -0.369 e. The summed E-state index contributed by atoms with van der Waals surface area (Å²) < 4.78 is 1.03. The van der Waals surface area contributed by atoms with Crippen molar-refractivity contribution in [3.05, 3.63) is 10.8 Å². The van der Waals surface area contributed by atoms with Gasteiger partial charge in [-0.15, -0.1) is 0 Å². The lowest BCUT2D eigenvalue weighted by Gasteiger charge is -2.31. The Hall–Kier alpha value is -0.840. The van der Waals surface area contributed by atoms with E-state index in [1.165, 1.54) is 38.5 Å². The summed E-state index contributed by atoms with van der Waals surface area (Å²) in [6, 6.07) is 0.678. The molecule has 0 spiro atoms. The van der Waals surface area contributed by atoms with Crippen molar-refractivity contribution in [1.82, 2.24) is 9.97 Å². The number of hydrogen-bond acceptors (Lipinski definition) is 4. The van der Waals surface area contributed by atoms with Crippen molar-refractivity contribution in [3.63, 3.8) is 0 Å². The topological polar surface area (TPSA) is 41.1 Å². The zero-order valence-electron chi connectivity index (χ0n) is 12.8. The molecule has 4 nitrogen and oxygen atoms in total. The molecule has 116 valence electrons. The van der Waals surface area contributed by atoms with Gasteiger partial charge in [0.1, 0.15) is 22.4 Å². The summed E-state index contributed by atoms with van der Waals surface area (Å²) in [6.07, 6.45) is 11.0. The van der Waals surface area contributed by atoms with Crippen molar-refractivity contribution in [3.8, 4) is 0 Å². The lowest BCUT2D eigenvalue weighted by atomic mass is 9.96. The largest absolute Gasteiger partial charge is 0.369 e. The minimum atomic E-state index is 0.678. The van der Waals surface area contributed by atoms with Crippen LogP contribution in [-0.4, -0.2) is 29.1 Å². The van der Waals surface area contributed by atoms with Crippen LogP contribution in [0.15, 0.2) is 10.8 Å². The number of anilines is 2. The highest BCUT2D eigenvalue weighted by Crippen LogP contribution is 2.40.